The zero-order valence-corrected chi connectivity index (χ0v) is 17.4. The van der Waals surface area contributed by atoms with E-state index in [0.29, 0.717) is 43.8 Å². The van der Waals surface area contributed by atoms with Crippen LogP contribution in [0.15, 0.2) is 36.4 Å². The lowest BCUT2D eigenvalue weighted by molar-refractivity contribution is -0.143. The van der Waals surface area contributed by atoms with Crippen molar-refractivity contribution in [2.45, 2.75) is 37.2 Å². The summed E-state index contributed by atoms with van der Waals surface area (Å²) in [6.45, 7) is 1.71. The van der Waals surface area contributed by atoms with E-state index >= 15 is 0 Å². The molecular formula is C24H25FN2O4. The molecule has 1 spiro atoms. The Morgan fingerprint density at radius 1 is 1.23 bits per heavy atom. The molecule has 1 fully saturated rings. The fourth-order valence-electron chi connectivity index (χ4n) is 5.16. The number of carbonyl (C=O) groups excluding carboxylic acids is 2. The van der Waals surface area contributed by atoms with Gasteiger partial charge in [0.2, 0.25) is 11.8 Å². The average molecular weight is 424 g/mol. The Balaban J connectivity index is 1.36. The van der Waals surface area contributed by atoms with Crippen LogP contribution >= 0.6 is 0 Å². The van der Waals surface area contributed by atoms with E-state index in [4.69, 9.17) is 9.47 Å². The molecule has 1 N–H and O–H groups in total. The fourth-order valence-corrected chi connectivity index (χ4v) is 5.16. The minimum absolute atomic E-state index is 0.0378. The van der Waals surface area contributed by atoms with E-state index < -0.39 is 17.3 Å². The van der Waals surface area contributed by atoms with Crippen LogP contribution in [0.3, 0.4) is 0 Å². The van der Waals surface area contributed by atoms with Crippen molar-refractivity contribution in [3.63, 3.8) is 0 Å². The molecule has 6 nitrogen and oxygen atoms in total. The summed E-state index contributed by atoms with van der Waals surface area (Å²) in [7, 11) is 1.66. The Labute approximate surface area is 180 Å². The van der Waals surface area contributed by atoms with Crippen LogP contribution in [0.1, 0.15) is 41.9 Å². The van der Waals surface area contributed by atoms with Gasteiger partial charge in [-0.2, -0.15) is 0 Å². The minimum Gasteiger partial charge on any atom is -0.497 e. The summed E-state index contributed by atoms with van der Waals surface area (Å²) in [5.41, 5.74) is 3.08. The lowest BCUT2D eigenvalue weighted by Crippen LogP contribution is -2.50. The highest BCUT2D eigenvalue weighted by atomic mass is 19.1. The Morgan fingerprint density at radius 2 is 2.03 bits per heavy atom. The lowest BCUT2D eigenvalue weighted by atomic mass is 9.79. The highest BCUT2D eigenvalue weighted by Gasteiger charge is 2.43. The van der Waals surface area contributed by atoms with E-state index in [2.05, 4.69) is 17.4 Å². The number of piperidine rings is 1. The number of carbonyl (C=O) groups is 2. The third-order valence-electron chi connectivity index (χ3n) is 6.79. The largest absolute Gasteiger partial charge is 0.497 e. The number of hydrogen-bond acceptors (Lipinski definition) is 4. The van der Waals surface area contributed by atoms with Gasteiger partial charge in [0, 0.05) is 25.2 Å². The number of fused-ring (bicyclic) bond motifs is 3. The second kappa shape index (κ2) is 7.64. The third-order valence-corrected chi connectivity index (χ3v) is 6.79. The molecule has 2 amide bonds. The maximum atomic E-state index is 13.8. The van der Waals surface area contributed by atoms with Crippen molar-refractivity contribution in [3.8, 4) is 5.75 Å². The number of hydrogen-bond donors (Lipinski definition) is 1. The molecule has 0 radical (unpaired) electrons. The van der Waals surface area contributed by atoms with Crippen LogP contribution in [0.25, 0.3) is 0 Å². The van der Waals surface area contributed by atoms with Crippen molar-refractivity contribution >= 4 is 17.5 Å². The van der Waals surface area contributed by atoms with Gasteiger partial charge in [0.15, 0.2) is 0 Å². The van der Waals surface area contributed by atoms with Crippen molar-refractivity contribution in [2.24, 2.45) is 0 Å². The number of nitrogens with zero attached hydrogens (tertiary/aromatic N) is 1. The van der Waals surface area contributed by atoms with Gasteiger partial charge in [-0.25, -0.2) is 4.39 Å². The standard InChI is InChI=1S/C24H25FN2O4/c1-30-17-3-4-20-15(12-17)6-11-31-24(20)7-9-27(10-8-24)23(29)19-14-22(28)26-21-5-2-16(25)13-18(19)21/h2-5,12-13,19H,6-11,14H2,1H3,(H,26,28). The van der Waals surface area contributed by atoms with Gasteiger partial charge in [0.05, 0.1) is 25.2 Å². The van der Waals surface area contributed by atoms with Crippen LogP contribution in [-0.4, -0.2) is 43.5 Å². The van der Waals surface area contributed by atoms with E-state index in [0.717, 1.165) is 12.2 Å². The second-order valence-corrected chi connectivity index (χ2v) is 8.48. The van der Waals surface area contributed by atoms with Gasteiger partial charge in [-0.15, -0.1) is 0 Å². The molecule has 1 atom stereocenters. The number of rotatable bonds is 2. The molecule has 3 heterocycles. The van der Waals surface area contributed by atoms with Gasteiger partial charge in [-0.3, -0.25) is 9.59 Å². The summed E-state index contributed by atoms with van der Waals surface area (Å²) in [6, 6.07) is 10.3. The Kier molecular flexibility index (Phi) is 4.93. The Morgan fingerprint density at radius 3 is 2.81 bits per heavy atom. The number of nitrogens with one attached hydrogen (secondary N) is 1. The predicted molar refractivity (Wildman–Crippen MR) is 113 cm³/mol. The zero-order chi connectivity index (χ0) is 21.6. The number of ether oxygens (including phenoxy) is 2. The molecular weight excluding hydrogens is 399 g/mol. The summed E-state index contributed by atoms with van der Waals surface area (Å²) in [4.78, 5) is 27.3. The highest BCUT2D eigenvalue weighted by Crippen LogP contribution is 2.43. The molecule has 0 aromatic heterocycles. The molecule has 2 aromatic carbocycles. The SMILES string of the molecule is COc1ccc2c(c1)CCOC21CCN(C(=O)C2CC(=O)Nc3ccc(F)cc32)CC1. The first kappa shape index (κ1) is 20.0. The smallest absolute Gasteiger partial charge is 0.230 e. The maximum Gasteiger partial charge on any atom is 0.230 e. The Bertz CT molecular complexity index is 1050. The summed E-state index contributed by atoms with van der Waals surface area (Å²) < 4.78 is 25.5. The van der Waals surface area contributed by atoms with Gasteiger partial charge in [-0.1, -0.05) is 6.07 Å². The number of likely N-dealkylation sites (tertiary alicyclic amines) is 1. The first-order chi connectivity index (χ1) is 15.0. The first-order valence-electron chi connectivity index (χ1n) is 10.7. The molecule has 3 aliphatic rings. The van der Waals surface area contributed by atoms with Crippen LogP contribution in [0.5, 0.6) is 5.75 Å². The van der Waals surface area contributed by atoms with Crippen LogP contribution in [0, 0.1) is 5.82 Å². The van der Waals surface area contributed by atoms with E-state index in [-0.39, 0.29) is 18.2 Å². The molecule has 0 bridgehead atoms. The van der Waals surface area contributed by atoms with Crippen molar-refractivity contribution in [2.75, 3.05) is 32.1 Å². The van der Waals surface area contributed by atoms with Crippen molar-refractivity contribution in [3.05, 3.63) is 58.9 Å². The van der Waals surface area contributed by atoms with Gasteiger partial charge >= 0.3 is 0 Å². The highest BCUT2D eigenvalue weighted by molar-refractivity contribution is 6.01. The van der Waals surface area contributed by atoms with E-state index in [1.54, 1.807) is 12.0 Å². The van der Waals surface area contributed by atoms with Crippen molar-refractivity contribution < 1.29 is 23.5 Å². The van der Waals surface area contributed by atoms with Crippen molar-refractivity contribution in [1.29, 1.82) is 0 Å². The molecule has 2 aromatic rings. The molecule has 1 saturated heterocycles. The van der Waals surface area contributed by atoms with Gasteiger partial charge in [0.1, 0.15) is 11.6 Å². The van der Waals surface area contributed by atoms with Crippen molar-refractivity contribution in [1.82, 2.24) is 4.90 Å². The van der Waals surface area contributed by atoms with Crippen LogP contribution < -0.4 is 10.1 Å². The topological polar surface area (TPSA) is 67.9 Å². The summed E-state index contributed by atoms with van der Waals surface area (Å²) in [5, 5.41) is 2.74. The zero-order valence-electron chi connectivity index (χ0n) is 17.4. The van der Waals surface area contributed by atoms with Crippen LogP contribution in [0.4, 0.5) is 10.1 Å². The minimum atomic E-state index is -0.655. The van der Waals surface area contributed by atoms with E-state index in [9.17, 15) is 14.0 Å². The number of halogens is 1. The predicted octanol–water partition coefficient (Wildman–Crippen LogP) is 3.35. The van der Waals surface area contributed by atoms with E-state index in [1.165, 1.54) is 29.3 Å². The molecule has 5 rings (SSSR count). The summed E-state index contributed by atoms with van der Waals surface area (Å²) >= 11 is 0. The van der Waals surface area contributed by atoms with Crippen LogP contribution in [-0.2, 0) is 26.3 Å². The second-order valence-electron chi connectivity index (χ2n) is 8.48. The number of benzene rings is 2. The summed E-state index contributed by atoms with van der Waals surface area (Å²) in [5.74, 6) is -0.568. The molecule has 1 unspecified atom stereocenters. The van der Waals surface area contributed by atoms with E-state index in [1.807, 2.05) is 6.07 Å². The molecule has 3 aliphatic heterocycles. The van der Waals surface area contributed by atoms with Crippen LogP contribution in [0.2, 0.25) is 0 Å². The van der Waals surface area contributed by atoms with Gasteiger partial charge < -0.3 is 19.7 Å². The molecule has 162 valence electrons. The quantitative estimate of drug-likeness (QED) is 0.803. The lowest BCUT2D eigenvalue weighted by Gasteiger charge is -2.45. The first-order valence-corrected chi connectivity index (χ1v) is 10.7. The number of methoxy groups -OCH3 is 1. The third kappa shape index (κ3) is 3.47. The number of amides is 2. The Hall–Kier alpha value is -2.93. The summed E-state index contributed by atoms with van der Waals surface area (Å²) in [6.07, 6.45) is 2.26. The average Bonchev–Trinajstić information content (AvgIpc) is 2.79. The molecule has 7 heteroatoms. The monoisotopic (exact) mass is 424 g/mol. The maximum absolute atomic E-state index is 13.8. The van der Waals surface area contributed by atoms with Gasteiger partial charge in [-0.05, 0) is 66.3 Å². The normalized spacial score (nSPS) is 21.8. The fraction of sp³-hybridized carbons (Fsp3) is 0.417. The molecule has 0 aliphatic carbocycles. The molecule has 31 heavy (non-hydrogen) atoms. The molecule has 0 saturated carbocycles. The van der Waals surface area contributed by atoms with Gasteiger partial charge in [0.25, 0.3) is 0 Å². The number of anilines is 1.